The maximum absolute atomic E-state index is 12.4. The summed E-state index contributed by atoms with van der Waals surface area (Å²) in [5.74, 6) is -0.327. The average molecular weight is 366 g/mol. The summed E-state index contributed by atoms with van der Waals surface area (Å²) in [4.78, 5) is 38.9. The maximum Gasteiger partial charge on any atom is 0.317 e. The van der Waals surface area contributed by atoms with Crippen LogP contribution in [0.25, 0.3) is 11.0 Å². The zero-order chi connectivity index (χ0) is 19.6. The van der Waals surface area contributed by atoms with Crippen LogP contribution in [0.2, 0.25) is 0 Å². The van der Waals surface area contributed by atoms with E-state index in [9.17, 15) is 14.4 Å². The predicted molar refractivity (Wildman–Crippen MR) is 106 cm³/mol. The quantitative estimate of drug-likeness (QED) is 0.686. The van der Waals surface area contributed by atoms with Gasteiger partial charge in [0.15, 0.2) is 0 Å². The van der Waals surface area contributed by atoms with Crippen molar-refractivity contribution in [1.29, 1.82) is 0 Å². The molecule has 0 unspecified atom stereocenters. The lowest BCUT2D eigenvalue weighted by Gasteiger charge is -2.14. The number of amides is 1. The number of nitrogens with zero attached hydrogens (tertiary/aromatic N) is 3. The number of aromatic nitrogens is 2. The fraction of sp³-hybridized carbons (Fsp3) is 0.250. The van der Waals surface area contributed by atoms with Crippen LogP contribution in [-0.4, -0.2) is 29.1 Å². The molecular formula is C20H22N4O3. The van der Waals surface area contributed by atoms with Crippen molar-refractivity contribution < 1.29 is 4.79 Å². The molecular weight excluding hydrogens is 344 g/mol. The Morgan fingerprint density at radius 1 is 0.963 bits per heavy atom. The third-order valence-corrected chi connectivity index (χ3v) is 4.51. The molecule has 0 saturated carbocycles. The van der Waals surface area contributed by atoms with Crippen LogP contribution in [0.3, 0.4) is 0 Å². The van der Waals surface area contributed by atoms with Gasteiger partial charge in [-0.3, -0.25) is 19.0 Å². The Kier molecular flexibility index (Phi) is 5.12. The van der Waals surface area contributed by atoms with Gasteiger partial charge in [0.1, 0.15) is 6.54 Å². The molecule has 1 N–H and O–H groups in total. The number of hydrogen-bond acceptors (Lipinski definition) is 4. The van der Waals surface area contributed by atoms with Crippen LogP contribution in [0.5, 0.6) is 0 Å². The molecule has 3 rings (SSSR count). The minimum absolute atomic E-state index is 0.203. The molecule has 7 heteroatoms. The SMILES string of the molecule is CN(C)c1ccc(CNC(=O)Cn2c(=O)c(=O)n(C)c3ccccc32)cc1. The first-order valence-electron chi connectivity index (χ1n) is 8.60. The number of rotatable bonds is 5. The Balaban J connectivity index is 1.78. The third-order valence-electron chi connectivity index (χ3n) is 4.51. The molecule has 2 aromatic carbocycles. The highest BCUT2D eigenvalue weighted by molar-refractivity contribution is 5.80. The molecule has 0 saturated heterocycles. The second-order valence-corrected chi connectivity index (χ2v) is 6.58. The molecule has 1 heterocycles. The summed E-state index contributed by atoms with van der Waals surface area (Å²) in [5, 5.41) is 2.80. The minimum Gasteiger partial charge on any atom is -0.378 e. The highest BCUT2D eigenvalue weighted by Gasteiger charge is 2.13. The number of fused-ring (bicyclic) bond motifs is 1. The lowest BCUT2D eigenvalue weighted by atomic mass is 10.2. The molecule has 0 radical (unpaired) electrons. The van der Waals surface area contributed by atoms with E-state index in [1.807, 2.05) is 43.3 Å². The Hall–Kier alpha value is -3.35. The lowest BCUT2D eigenvalue weighted by molar-refractivity contribution is -0.121. The van der Waals surface area contributed by atoms with Crippen molar-refractivity contribution in [3.63, 3.8) is 0 Å². The largest absolute Gasteiger partial charge is 0.378 e. The van der Waals surface area contributed by atoms with E-state index in [0.717, 1.165) is 11.3 Å². The summed E-state index contributed by atoms with van der Waals surface area (Å²) < 4.78 is 2.53. The van der Waals surface area contributed by atoms with Gasteiger partial charge in [-0.15, -0.1) is 0 Å². The van der Waals surface area contributed by atoms with Crippen LogP contribution in [0.4, 0.5) is 5.69 Å². The molecule has 27 heavy (non-hydrogen) atoms. The zero-order valence-electron chi connectivity index (χ0n) is 15.6. The smallest absolute Gasteiger partial charge is 0.317 e. The second kappa shape index (κ2) is 7.49. The van der Waals surface area contributed by atoms with E-state index < -0.39 is 11.1 Å². The van der Waals surface area contributed by atoms with Gasteiger partial charge in [-0.25, -0.2) is 0 Å². The van der Waals surface area contributed by atoms with Crippen molar-refractivity contribution in [3.8, 4) is 0 Å². The average Bonchev–Trinajstić information content (AvgIpc) is 2.68. The topological polar surface area (TPSA) is 76.3 Å². The number of para-hydroxylation sites is 2. The van der Waals surface area contributed by atoms with Crippen LogP contribution in [0.15, 0.2) is 58.1 Å². The summed E-state index contributed by atoms with van der Waals surface area (Å²) in [6, 6.07) is 14.9. The van der Waals surface area contributed by atoms with Gasteiger partial charge in [0.2, 0.25) is 5.91 Å². The number of benzene rings is 2. The lowest BCUT2D eigenvalue weighted by Crippen LogP contribution is -2.43. The predicted octanol–water partition coefficient (Wildman–Crippen LogP) is 1.08. The van der Waals surface area contributed by atoms with Gasteiger partial charge < -0.3 is 14.8 Å². The number of aryl methyl sites for hydroxylation is 1. The molecule has 0 aliphatic carbocycles. The van der Waals surface area contributed by atoms with Crippen LogP contribution >= 0.6 is 0 Å². The van der Waals surface area contributed by atoms with Crippen LogP contribution < -0.4 is 21.3 Å². The minimum atomic E-state index is -0.707. The van der Waals surface area contributed by atoms with Crippen molar-refractivity contribution in [2.75, 3.05) is 19.0 Å². The zero-order valence-corrected chi connectivity index (χ0v) is 15.6. The van der Waals surface area contributed by atoms with E-state index in [-0.39, 0.29) is 12.5 Å². The van der Waals surface area contributed by atoms with Crippen molar-refractivity contribution in [3.05, 3.63) is 74.8 Å². The molecule has 0 spiro atoms. The summed E-state index contributed by atoms with van der Waals surface area (Å²) in [6.45, 7) is 0.148. The summed E-state index contributed by atoms with van der Waals surface area (Å²) >= 11 is 0. The summed E-state index contributed by atoms with van der Waals surface area (Å²) in [7, 11) is 5.47. The summed E-state index contributed by atoms with van der Waals surface area (Å²) in [5.41, 5.74) is 1.82. The first-order chi connectivity index (χ1) is 12.9. The monoisotopic (exact) mass is 366 g/mol. The van der Waals surface area contributed by atoms with Crippen LogP contribution in [0, 0.1) is 0 Å². The highest BCUT2D eigenvalue weighted by Crippen LogP contribution is 2.12. The van der Waals surface area contributed by atoms with Gasteiger partial charge in [0.05, 0.1) is 11.0 Å². The van der Waals surface area contributed by atoms with Crippen molar-refractivity contribution in [1.82, 2.24) is 14.5 Å². The van der Waals surface area contributed by atoms with E-state index in [0.29, 0.717) is 17.6 Å². The van der Waals surface area contributed by atoms with Gasteiger partial charge in [-0.1, -0.05) is 24.3 Å². The highest BCUT2D eigenvalue weighted by atomic mass is 16.2. The Bertz CT molecular complexity index is 1090. The molecule has 7 nitrogen and oxygen atoms in total. The normalized spacial score (nSPS) is 10.8. The Morgan fingerprint density at radius 2 is 1.59 bits per heavy atom. The summed E-state index contributed by atoms with van der Waals surface area (Å²) in [6.07, 6.45) is 0. The van der Waals surface area contributed by atoms with E-state index in [2.05, 4.69) is 5.32 Å². The van der Waals surface area contributed by atoms with E-state index in [4.69, 9.17) is 0 Å². The molecule has 1 aromatic heterocycles. The molecule has 3 aromatic rings. The maximum atomic E-state index is 12.4. The molecule has 0 bridgehead atoms. The van der Waals surface area contributed by atoms with Gasteiger partial charge in [0.25, 0.3) is 0 Å². The molecule has 0 aliphatic rings. The van der Waals surface area contributed by atoms with E-state index in [1.165, 1.54) is 9.13 Å². The molecule has 0 atom stereocenters. The number of anilines is 1. The first-order valence-corrected chi connectivity index (χ1v) is 8.60. The Labute approximate surface area is 156 Å². The number of carbonyl (C=O) groups excluding carboxylic acids is 1. The van der Waals surface area contributed by atoms with Crippen LogP contribution in [0.1, 0.15) is 5.56 Å². The van der Waals surface area contributed by atoms with Gasteiger partial charge >= 0.3 is 11.1 Å². The van der Waals surface area contributed by atoms with E-state index in [1.54, 1.807) is 31.3 Å². The van der Waals surface area contributed by atoms with Crippen molar-refractivity contribution >= 4 is 22.6 Å². The number of nitrogens with one attached hydrogen (secondary N) is 1. The van der Waals surface area contributed by atoms with Gasteiger partial charge in [0, 0.05) is 33.4 Å². The fourth-order valence-corrected chi connectivity index (χ4v) is 2.92. The van der Waals surface area contributed by atoms with Crippen LogP contribution in [-0.2, 0) is 24.9 Å². The van der Waals surface area contributed by atoms with Gasteiger partial charge in [-0.05, 0) is 29.8 Å². The molecule has 1 amide bonds. The van der Waals surface area contributed by atoms with Gasteiger partial charge in [-0.2, -0.15) is 0 Å². The molecule has 0 aliphatic heterocycles. The van der Waals surface area contributed by atoms with E-state index >= 15 is 0 Å². The first kappa shape index (κ1) is 18.4. The van der Waals surface area contributed by atoms with Crippen molar-refractivity contribution in [2.45, 2.75) is 13.1 Å². The Morgan fingerprint density at radius 3 is 2.22 bits per heavy atom. The van der Waals surface area contributed by atoms with Crippen molar-refractivity contribution in [2.24, 2.45) is 7.05 Å². The second-order valence-electron chi connectivity index (χ2n) is 6.58. The molecule has 140 valence electrons. The number of carbonyl (C=O) groups is 1. The molecule has 0 fully saturated rings. The third kappa shape index (κ3) is 3.76. The standard InChI is InChI=1S/C20H22N4O3/c1-22(2)15-10-8-14(9-11-15)12-21-18(25)13-24-17-7-5-4-6-16(17)23(3)19(26)20(24)27/h4-11H,12-13H2,1-3H3,(H,21,25). The number of hydrogen-bond donors (Lipinski definition) is 1. The fourth-order valence-electron chi connectivity index (χ4n) is 2.92.